The van der Waals surface area contributed by atoms with Crippen LogP contribution < -0.4 is 0 Å². The molecule has 130 valence electrons. The smallest absolute Gasteiger partial charge is 0.254 e. The van der Waals surface area contributed by atoms with Gasteiger partial charge in [0.05, 0.1) is 13.6 Å². The number of tetrazole rings is 1. The van der Waals surface area contributed by atoms with Crippen LogP contribution in [0.15, 0.2) is 36.7 Å². The molecule has 8 nitrogen and oxygen atoms in total. The number of hydrogen-bond donors (Lipinski definition) is 0. The zero-order valence-corrected chi connectivity index (χ0v) is 14.8. The molecule has 3 aromatic rings. The van der Waals surface area contributed by atoms with E-state index in [-0.39, 0.29) is 11.9 Å². The van der Waals surface area contributed by atoms with Crippen LogP contribution in [-0.4, -0.2) is 46.6 Å². The van der Waals surface area contributed by atoms with Crippen LogP contribution in [0.2, 0.25) is 0 Å². The summed E-state index contributed by atoms with van der Waals surface area (Å²) < 4.78 is 1.92. The molecule has 0 bridgehead atoms. The van der Waals surface area contributed by atoms with Gasteiger partial charge in [-0.1, -0.05) is 12.1 Å². The third-order valence-corrected chi connectivity index (χ3v) is 4.02. The maximum atomic E-state index is 12.9. The predicted molar refractivity (Wildman–Crippen MR) is 92.5 cm³/mol. The first-order chi connectivity index (χ1) is 12.0. The number of aromatic nitrogens is 6. The maximum Gasteiger partial charge on any atom is 0.254 e. The lowest BCUT2D eigenvalue weighted by Crippen LogP contribution is -2.37. The fourth-order valence-electron chi connectivity index (χ4n) is 2.52. The molecule has 1 amide bonds. The molecule has 0 spiro atoms. The van der Waals surface area contributed by atoms with E-state index >= 15 is 0 Å². The van der Waals surface area contributed by atoms with Gasteiger partial charge in [0.25, 0.3) is 5.91 Å². The maximum absolute atomic E-state index is 12.9. The summed E-state index contributed by atoms with van der Waals surface area (Å²) in [5, 5.41) is 12.0. The van der Waals surface area contributed by atoms with Crippen molar-refractivity contribution in [2.75, 3.05) is 0 Å². The lowest BCUT2D eigenvalue weighted by Gasteiger charge is -2.26. The number of imidazole rings is 1. The summed E-state index contributed by atoms with van der Waals surface area (Å²) in [7, 11) is 3.64. The Morgan fingerprint density at radius 2 is 1.92 bits per heavy atom. The Kier molecular flexibility index (Phi) is 4.60. The van der Waals surface area contributed by atoms with E-state index in [1.165, 1.54) is 4.80 Å². The molecular weight excluding hydrogens is 318 g/mol. The summed E-state index contributed by atoms with van der Waals surface area (Å²) in [4.78, 5) is 20.4. The van der Waals surface area contributed by atoms with Crippen molar-refractivity contribution < 1.29 is 4.79 Å². The van der Waals surface area contributed by atoms with Gasteiger partial charge in [-0.2, -0.15) is 4.80 Å². The Hall–Kier alpha value is -3.03. The van der Waals surface area contributed by atoms with E-state index in [4.69, 9.17) is 0 Å². The summed E-state index contributed by atoms with van der Waals surface area (Å²) in [6.45, 7) is 4.46. The van der Waals surface area contributed by atoms with Crippen molar-refractivity contribution in [3.05, 3.63) is 48.0 Å². The van der Waals surface area contributed by atoms with Crippen LogP contribution in [0.25, 0.3) is 11.4 Å². The van der Waals surface area contributed by atoms with Crippen LogP contribution in [0.3, 0.4) is 0 Å². The molecule has 0 atom stereocenters. The molecular formula is C17H21N7O. The summed E-state index contributed by atoms with van der Waals surface area (Å²) in [5.74, 6) is 1.36. The zero-order valence-electron chi connectivity index (χ0n) is 14.8. The molecule has 0 radical (unpaired) electrons. The van der Waals surface area contributed by atoms with Gasteiger partial charge < -0.3 is 9.47 Å². The van der Waals surface area contributed by atoms with Gasteiger partial charge in [-0.15, -0.1) is 10.2 Å². The third kappa shape index (κ3) is 3.57. The molecule has 3 rings (SSSR count). The lowest BCUT2D eigenvalue weighted by molar-refractivity contribution is 0.0683. The van der Waals surface area contributed by atoms with Gasteiger partial charge in [0.15, 0.2) is 0 Å². The highest BCUT2D eigenvalue weighted by Crippen LogP contribution is 2.17. The second kappa shape index (κ2) is 6.84. The highest BCUT2D eigenvalue weighted by atomic mass is 16.2. The number of rotatable bonds is 5. The lowest BCUT2D eigenvalue weighted by atomic mass is 10.1. The molecule has 0 saturated heterocycles. The van der Waals surface area contributed by atoms with Gasteiger partial charge >= 0.3 is 0 Å². The largest absolute Gasteiger partial charge is 0.337 e. The second-order valence-electron chi connectivity index (χ2n) is 6.16. The summed E-state index contributed by atoms with van der Waals surface area (Å²) in [5.41, 5.74) is 1.44. The minimum absolute atomic E-state index is 0.0309. The number of carbonyl (C=O) groups excluding carboxylic acids is 1. The Morgan fingerprint density at radius 1 is 1.20 bits per heavy atom. The van der Waals surface area contributed by atoms with E-state index < -0.39 is 0 Å². The molecule has 0 N–H and O–H groups in total. The fourth-order valence-corrected chi connectivity index (χ4v) is 2.52. The topological polar surface area (TPSA) is 81.7 Å². The van der Waals surface area contributed by atoms with Crippen molar-refractivity contribution in [1.29, 1.82) is 0 Å². The van der Waals surface area contributed by atoms with E-state index in [1.807, 2.05) is 43.8 Å². The van der Waals surface area contributed by atoms with Crippen LogP contribution >= 0.6 is 0 Å². The minimum atomic E-state index is -0.0309. The first kappa shape index (κ1) is 16.8. The van der Waals surface area contributed by atoms with Gasteiger partial charge in [0.1, 0.15) is 5.82 Å². The SMILES string of the molecule is CC(C)N(Cc1nccn1C)C(=O)c1ccc(-c2nnn(C)n2)cc1. The van der Waals surface area contributed by atoms with E-state index in [9.17, 15) is 4.79 Å². The van der Waals surface area contributed by atoms with Crippen molar-refractivity contribution >= 4 is 5.91 Å². The van der Waals surface area contributed by atoms with E-state index in [0.29, 0.717) is 17.9 Å². The highest BCUT2D eigenvalue weighted by Gasteiger charge is 2.21. The van der Waals surface area contributed by atoms with Crippen LogP contribution in [0, 0.1) is 0 Å². The molecule has 0 aliphatic carbocycles. The average Bonchev–Trinajstić information content (AvgIpc) is 3.20. The Labute approximate surface area is 146 Å². The molecule has 0 aliphatic heterocycles. The molecule has 2 aromatic heterocycles. The highest BCUT2D eigenvalue weighted by molar-refractivity contribution is 5.94. The first-order valence-electron chi connectivity index (χ1n) is 8.07. The average molecular weight is 339 g/mol. The van der Waals surface area contributed by atoms with Crippen LogP contribution in [0.1, 0.15) is 30.0 Å². The number of amides is 1. The van der Waals surface area contributed by atoms with Crippen LogP contribution in [0.4, 0.5) is 0 Å². The fraction of sp³-hybridized carbons (Fsp3) is 0.353. The molecule has 1 aromatic carbocycles. The standard InChI is InChI=1S/C17H21N7O/c1-12(2)24(11-15-18-9-10-22(15)3)17(25)14-7-5-13(6-8-14)16-19-21-23(4)20-16/h5-10,12H,11H2,1-4H3. The molecule has 0 fully saturated rings. The summed E-state index contributed by atoms with van der Waals surface area (Å²) in [6, 6.07) is 7.32. The van der Waals surface area contributed by atoms with Crippen molar-refractivity contribution in [3.63, 3.8) is 0 Å². The molecule has 0 unspecified atom stereocenters. The van der Waals surface area contributed by atoms with E-state index in [1.54, 1.807) is 30.3 Å². The molecule has 25 heavy (non-hydrogen) atoms. The van der Waals surface area contributed by atoms with Crippen molar-refractivity contribution in [3.8, 4) is 11.4 Å². The van der Waals surface area contributed by atoms with Gasteiger partial charge in [-0.3, -0.25) is 4.79 Å². The Morgan fingerprint density at radius 3 is 2.44 bits per heavy atom. The summed E-state index contributed by atoms with van der Waals surface area (Å²) >= 11 is 0. The number of hydrogen-bond acceptors (Lipinski definition) is 5. The number of carbonyl (C=O) groups is 1. The Balaban J connectivity index is 1.81. The summed E-state index contributed by atoms with van der Waals surface area (Å²) in [6.07, 6.45) is 3.61. The Bertz CT molecular complexity index is 863. The van der Waals surface area contributed by atoms with Gasteiger partial charge in [0, 0.05) is 36.6 Å². The van der Waals surface area contributed by atoms with E-state index in [0.717, 1.165) is 11.4 Å². The van der Waals surface area contributed by atoms with Crippen LogP contribution in [-0.2, 0) is 20.6 Å². The third-order valence-electron chi connectivity index (χ3n) is 4.02. The van der Waals surface area contributed by atoms with Gasteiger partial charge in [-0.05, 0) is 31.2 Å². The number of aryl methyl sites for hydroxylation is 2. The molecule has 0 aliphatic rings. The van der Waals surface area contributed by atoms with E-state index in [2.05, 4.69) is 20.4 Å². The second-order valence-corrected chi connectivity index (χ2v) is 6.16. The van der Waals surface area contributed by atoms with Crippen LogP contribution in [0.5, 0.6) is 0 Å². The van der Waals surface area contributed by atoms with Crippen molar-refractivity contribution in [2.45, 2.75) is 26.4 Å². The normalized spacial score (nSPS) is 11.1. The minimum Gasteiger partial charge on any atom is -0.337 e. The number of nitrogens with zero attached hydrogens (tertiary/aromatic N) is 7. The molecule has 2 heterocycles. The molecule has 0 saturated carbocycles. The molecule has 8 heteroatoms. The predicted octanol–water partition coefficient (Wildman–Crippen LogP) is 1.66. The van der Waals surface area contributed by atoms with Gasteiger partial charge in [-0.25, -0.2) is 4.98 Å². The first-order valence-corrected chi connectivity index (χ1v) is 8.07. The zero-order chi connectivity index (χ0) is 18.0. The van der Waals surface area contributed by atoms with Crippen molar-refractivity contribution in [2.24, 2.45) is 14.1 Å². The monoisotopic (exact) mass is 339 g/mol. The number of benzene rings is 1. The van der Waals surface area contributed by atoms with Crippen molar-refractivity contribution in [1.82, 2.24) is 34.7 Å². The quantitative estimate of drug-likeness (QED) is 0.706. The van der Waals surface area contributed by atoms with Gasteiger partial charge in [0.2, 0.25) is 5.82 Å².